The van der Waals surface area contributed by atoms with Crippen LogP contribution in [-0.4, -0.2) is 24.7 Å². The number of hydrogen-bond donors (Lipinski definition) is 1. The van der Waals surface area contributed by atoms with Gasteiger partial charge in [-0.05, 0) is 32.0 Å². The van der Waals surface area contributed by atoms with Gasteiger partial charge in [-0.1, -0.05) is 5.92 Å². The van der Waals surface area contributed by atoms with Gasteiger partial charge in [-0.25, -0.2) is 0 Å². The van der Waals surface area contributed by atoms with Crippen LogP contribution >= 0.6 is 0 Å². The Balaban J connectivity index is 2.19. The topological polar surface area (TPSA) is 47.6 Å². The van der Waals surface area contributed by atoms with Gasteiger partial charge >= 0.3 is 0 Å². The molecular formula is C14H15NO3. The SMILES string of the molecule is C#CC(C)(C)NC(=O)c1ccc2c(c1)OCCO2. The van der Waals surface area contributed by atoms with E-state index in [9.17, 15) is 4.79 Å². The predicted molar refractivity (Wildman–Crippen MR) is 67.8 cm³/mol. The first-order chi connectivity index (χ1) is 8.52. The molecule has 0 bridgehead atoms. The number of nitrogens with one attached hydrogen (secondary N) is 1. The Kier molecular flexibility index (Phi) is 3.15. The number of ether oxygens (including phenoxy) is 2. The zero-order chi connectivity index (χ0) is 13.2. The molecule has 0 unspecified atom stereocenters. The van der Waals surface area contributed by atoms with E-state index in [2.05, 4.69) is 11.2 Å². The monoisotopic (exact) mass is 245 g/mol. The van der Waals surface area contributed by atoms with Crippen molar-refractivity contribution >= 4 is 5.91 Å². The zero-order valence-electron chi connectivity index (χ0n) is 10.4. The highest BCUT2D eigenvalue weighted by molar-refractivity contribution is 5.95. The number of carbonyl (C=O) groups excluding carboxylic acids is 1. The second kappa shape index (κ2) is 4.61. The summed E-state index contributed by atoms with van der Waals surface area (Å²) >= 11 is 0. The van der Waals surface area contributed by atoms with Gasteiger partial charge in [0.1, 0.15) is 13.2 Å². The van der Waals surface area contributed by atoms with Gasteiger partial charge in [-0.15, -0.1) is 6.42 Å². The van der Waals surface area contributed by atoms with Crippen molar-refractivity contribution in [3.8, 4) is 23.8 Å². The Morgan fingerprint density at radius 2 is 2.00 bits per heavy atom. The Bertz CT molecular complexity index is 514. The molecule has 0 aromatic heterocycles. The molecule has 1 aromatic rings. The molecule has 4 nitrogen and oxygen atoms in total. The fraction of sp³-hybridized carbons (Fsp3) is 0.357. The van der Waals surface area contributed by atoms with Crippen molar-refractivity contribution < 1.29 is 14.3 Å². The average Bonchev–Trinajstić information content (AvgIpc) is 2.37. The Morgan fingerprint density at radius 3 is 2.67 bits per heavy atom. The number of benzene rings is 1. The van der Waals surface area contributed by atoms with Crippen LogP contribution in [0.3, 0.4) is 0 Å². The van der Waals surface area contributed by atoms with Gasteiger partial charge in [0.25, 0.3) is 5.91 Å². The lowest BCUT2D eigenvalue weighted by Crippen LogP contribution is -2.42. The number of hydrogen-bond acceptors (Lipinski definition) is 3. The first kappa shape index (κ1) is 12.3. The fourth-order valence-electron chi connectivity index (χ4n) is 1.58. The van der Waals surface area contributed by atoms with E-state index >= 15 is 0 Å². The maximum atomic E-state index is 12.0. The second-order valence-electron chi connectivity index (χ2n) is 4.58. The third kappa shape index (κ3) is 2.57. The molecule has 94 valence electrons. The summed E-state index contributed by atoms with van der Waals surface area (Å²) in [6.45, 7) is 4.56. The Labute approximate surface area is 106 Å². The van der Waals surface area contributed by atoms with Crippen molar-refractivity contribution in [2.24, 2.45) is 0 Å². The largest absolute Gasteiger partial charge is 0.486 e. The molecule has 1 aliphatic heterocycles. The van der Waals surface area contributed by atoms with Crippen LogP contribution in [0.2, 0.25) is 0 Å². The van der Waals surface area contributed by atoms with Gasteiger partial charge in [0.15, 0.2) is 11.5 Å². The van der Waals surface area contributed by atoms with E-state index in [1.54, 1.807) is 32.0 Å². The normalized spacial score (nSPS) is 13.6. The summed E-state index contributed by atoms with van der Waals surface area (Å²) in [7, 11) is 0. The number of fused-ring (bicyclic) bond motifs is 1. The van der Waals surface area contributed by atoms with Crippen LogP contribution < -0.4 is 14.8 Å². The minimum absolute atomic E-state index is 0.227. The predicted octanol–water partition coefficient (Wildman–Crippen LogP) is 1.60. The summed E-state index contributed by atoms with van der Waals surface area (Å²) in [5.74, 6) is 3.54. The molecule has 0 saturated carbocycles. The highest BCUT2D eigenvalue weighted by atomic mass is 16.6. The molecule has 0 atom stereocenters. The van der Waals surface area contributed by atoms with Gasteiger partial charge < -0.3 is 14.8 Å². The Hall–Kier alpha value is -2.15. The minimum Gasteiger partial charge on any atom is -0.486 e. The Morgan fingerprint density at radius 1 is 1.33 bits per heavy atom. The lowest BCUT2D eigenvalue weighted by molar-refractivity contribution is 0.0928. The number of rotatable bonds is 2. The van der Waals surface area contributed by atoms with Crippen molar-refractivity contribution in [1.29, 1.82) is 0 Å². The molecule has 1 heterocycles. The van der Waals surface area contributed by atoms with Gasteiger partial charge in [0, 0.05) is 5.56 Å². The minimum atomic E-state index is -0.676. The lowest BCUT2D eigenvalue weighted by Gasteiger charge is -2.21. The van der Waals surface area contributed by atoms with Crippen molar-refractivity contribution in [3.05, 3.63) is 23.8 Å². The number of carbonyl (C=O) groups is 1. The van der Waals surface area contributed by atoms with Gasteiger partial charge in [-0.3, -0.25) is 4.79 Å². The molecule has 1 aromatic carbocycles. The molecule has 1 amide bonds. The third-order valence-corrected chi connectivity index (χ3v) is 2.59. The molecule has 18 heavy (non-hydrogen) atoms. The lowest BCUT2D eigenvalue weighted by atomic mass is 10.1. The third-order valence-electron chi connectivity index (χ3n) is 2.59. The summed E-state index contributed by atoms with van der Waals surface area (Å²) in [5.41, 5.74) is -0.174. The van der Waals surface area contributed by atoms with Gasteiger partial charge in [0.05, 0.1) is 5.54 Å². The maximum Gasteiger partial charge on any atom is 0.252 e. The van der Waals surface area contributed by atoms with Crippen molar-refractivity contribution in [2.45, 2.75) is 19.4 Å². The highest BCUT2D eigenvalue weighted by Gasteiger charge is 2.20. The smallest absolute Gasteiger partial charge is 0.252 e. The van der Waals surface area contributed by atoms with E-state index in [1.165, 1.54) is 0 Å². The molecule has 2 rings (SSSR count). The van der Waals surface area contributed by atoms with Crippen LogP contribution in [0.5, 0.6) is 11.5 Å². The summed E-state index contributed by atoms with van der Waals surface area (Å²) in [4.78, 5) is 12.0. The average molecular weight is 245 g/mol. The first-order valence-corrected chi connectivity index (χ1v) is 5.72. The van der Waals surface area contributed by atoms with Crippen LogP contribution in [0.25, 0.3) is 0 Å². The van der Waals surface area contributed by atoms with Crippen LogP contribution in [0.1, 0.15) is 24.2 Å². The summed E-state index contributed by atoms with van der Waals surface area (Å²) in [6.07, 6.45) is 5.33. The maximum absolute atomic E-state index is 12.0. The van der Waals surface area contributed by atoms with E-state index in [4.69, 9.17) is 15.9 Å². The summed E-state index contributed by atoms with van der Waals surface area (Å²) < 4.78 is 10.8. The zero-order valence-corrected chi connectivity index (χ0v) is 10.4. The van der Waals surface area contributed by atoms with E-state index in [0.717, 1.165) is 0 Å². The molecular weight excluding hydrogens is 230 g/mol. The molecule has 0 spiro atoms. The van der Waals surface area contributed by atoms with Gasteiger partial charge in [-0.2, -0.15) is 0 Å². The van der Waals surface area contributed by atoms with Crippen LogP contribution in [0, 0.1) is 12.3 Å². The van der Waals surface area contributed by atoms with E-state index in [0.29, 0.717) is 30.3 Å². The molecule has 4 heteroatoms. The first-order valence-electron chi connectivity index (χ1n) is 5.72. The van der Waals surface area contributed by atoms with E-state index < -0.39 is 5.54 Å². The van der Waals surface area contributed by atoms with E-state index in [-0.39, 0.29) is 5.91 Å². The summed E-state index contributed by atoms with van der Waals surface area (Å²) in [5, 5.41) is 2.76. The number of amides is 1. The molecule has 0 aliphatic carbocycles. The summed E-state index contributed by atoms with van der Waals surface area (Å²) in [6, 6.07) is 5.08. The van der Waals surface area contributed by atoms with Gasteiger partial charge in [0.2, 0.25) is 0 Å². The van der Waals surface area contributed by atoms with Crippen LogP contribution in [0.15, 0.2) is 18.2 Å². The van der Waals surface area contributed by atoms with Crippen molar-refractivity contribution in [3.63, 3.8) is 0 Å². The molecule has 0 fully saturated rings. The van der Waals surface area contributed by atoms with Crippen LogP contribution in [0.4, 0.5) is 0 Å². The molecule has 0 radical (unpaired) electrons. The van der Waals surface area contributed by atoms with Crippen molar-refractivity contribution in [2.75, 3.05) is 13.2 Å². The quantitative estimate of drug-likeness (QED) is 0.805. The molecule has 0 saturated heterocycles. The van der Waals surface area contributed by atoms with Crippen LogP contribution in [-0.2, 0) is 0 Å². The second-order valence-corrected chi connectivity index (χ2v) is 4.58. The molecule has 1 N–H and O–H groups in total. The van der Waals surface area contributed by atoms with Crippen molar-refractivity contribution in [1.82, 2.24) is 5.32 Å². The number of terminal acetylenes is 1. The highest BCUT2D eigenvalue weighted by Crippen LogP contribution is 2.30. The van der Waals surface area contributed by atoms with E-state index in [1.807, 2.05) is 0 Å². The fourth-order valence-corrected chi connectivity index (χ4v) is 1.58. The standard InChI is InChI=1S/C14H15NO3/c1-4-14(2,3)15-13(16)10-5-6-11-12(9-10)18-8-7-17-11/h1,5-6,9H,7-8H2,2-3H3,(H,15,16). The molecule has 1 aliphatic rings.